The molecule has 1 aromatic rings. The average molecular weight is 255 g/mol. The van der Waals surface area contributed by atoms with E-state index in [0.29, 0.717) is 24.8 Å². The Morgan fingerprint density at radius 1 is 1.29 bits per heavy atom. The summed E-state index contributed by atoms with van der Waals surface area (Å²) in [6.45, 7) is 1.15. The summed E-state index contributed by atoms with van der Waals surface area (Å²) in [5.74, 6) is 0. The van der Waals surface area contributed by atoms with Gasteiger partial charge in [0.2, 0.25) is 10.0 Å². The van der Waals surface area contributed by atoms with Crippen LogP contribution in [-0.4, -0.2) is 27.5 Å². The van der Waals surface area contributed by atoms with E-state index in [1.54, 1.807) is 12.1 Å². The number of benzene rings is 1. The molecule has 2 rings (SSSR count). The van der Waals surface area contributed by atoms with Gasteiger partial charge in [-0.2, -0.15) is 0 Å². The summed E-state index contributed by atoms with van der Waals surface area (Å²) >= 11 is 0. The zero-order valence-corrected chi connectivity index (χ0v) is 10.4. The van der Waals surface area contributed by atoms with Crippen molar-refractivity contribution in [1.82, 2.24) is 0 Å². The fourth-order valence-corrected chi connectivity index (χ4v) is 2.71. The molecule has 94 valence electrons. The normalized spacial score (nSPS) is 15.9. The molecule has 0 atom stereocenters. The van der Waals surface area contributed by atoms with Crippen LogP contribution in [0, 0.1) is 0 Å². The van der Waals surface area contributed by atoms with Crippen molar-refractivity contribution < 1.29 is 8.42 Å². The van der Waals surface area contributed by atoms with Crippen LogP contribution in [0.5, 0.6) is 0 Å². The standard InChI is InChI=1S/C11H17N3O2S/c12-7-8-14(9-5-6-9)10-3-1-2-4-11(10)17(13,15)16/h1-4,9H,5-8,12H2,(H2,13,15,16). The molecule has 0 aromatic heterocycles. The molecule has 6 heteroatoms. The van der Waals surface area contributed by atoms with Crippen LogP contribution < -0.4 is 15.8 Å². The molecular weight excluding hydrogens is 238 g/mol. The summed E-state index contributed by atoms with van der Waals surface area (Å²) in [6, 6.07) is 7.22. The van der Waals surface area contributed by atoms with Crippen LogP contribution in [0.4, 0.5) is 5.69 Å². The topological polar surface area (TPSA) is 89.4 Å². The monoisotopic (exact) mass is 255 g/mol. The fraction of sp³-hybridized carbons (Fsp3) is 0.455. The van der Waals surface area contributed by atoms with Crippen molar-refractivity contribution in [1.29, 1.82) is 0 Å². The van der Waals surface area contributed by atoms with Crippen LogP contribution in [0.1, 0.15) is 12.8 Å². The van der Waals surface area contributed by atoms with Crippen LogP contribution in [0.2, 0.25) is 0 Å². The number of nitrogens with two attached hydrogens (primary N) is 2. The lowest BCUT2D eigenvalue weighted by molar-refractivity contribution is 0.597. The van der Waals surface area contributed by atoms with Crippen molar-refractivity contribution in [3.05, 3.63) is 24.3 Å². The molecule has 17 heavy (non-hydrogen) atoms. The Bertz CT molecular complexity index is 497. The summed E-state index contributed by atoms with van der Waals surface area (Å²) in [6.07, 6.45) is 2.16. The third kappa shape index (κ3) is 2.77. The molecule has 1 aliphatic rings. The van der Waals surface area contributed by atoms with Gasteiger partial charge >= 0.3 is 0 Å². The van der Waals surface area contributed by atoms with Gasteiger partial charge in [-0.15, -0.1) is 0 Å². The van der Waals surface area contributed by atoms with E-state index in [1.807, 2.05) is 11.0 Å². The lowest BCUT2D eigenvalue weighted by atomic mass is 10.2. The highest BCUT2D eigenvalue weighted by molar-refractivity contribution is 7.89. The highest BCUT2D eigenvalue weighted by Crippen LogP contribution is 2.34. The van der Waals surface area contributed by atoms with Crippen molar-refractivity contribution in [3.63, 3.8) is 0 Å². The molecule has 0 amide bonds. The van der Waals surface area contributed by atoms with Crippen LogP contribution >= 0.6 is 0 Å². The summed E-state index contributed by atoms with van der Waals surface area (Å²) in [5.41, 5.74) is 6.24. The minimum atomic E-state index is -3.69. The maximum absolute atomic E-state index is 11.5. The van der Waals surface area contributed by atoms with Crippen LogP contribution in [0.25, 0.3) is 0 Å². The molecular formula is C11H17N3O2S. The minimum absolute atomic E-state index is 0.181. The van der Waals surface area contributed by atoms with Gasteiger partial charge in [-0.3, -0.25) is 0 Å². The van der Waals surface area contributed by atoms with E-state index in [4.69, 9.17) is 10.9 Å². The molecule has 0 saturated heterocycles. The maximum Gasteiger partial charge on any atom is 0.240 e. The van der Waals surface area contributed by atoms with Crippen molar-refractivity contribution in [3.8, 4) is 0 Å². The Morgan fingerprint density at radius 2 is 1.94 bits per heavy atom. The van der Waals surface area contributed by atoms with E-state index in [1.165, 1.54) is 6.07 Å². The predicted molar refractivity (Wildman–Crippen MR) is 67.2 cm³/mol. The van der Waals surface area contributed by atoms with Crippen molar-refractivity contribution in [2.45, 2.75) is 23.8 Å². The highest BCUT2D eigenvalue weighted by Gasteiger charge is 2.31. The third-order valence-corrected chi connectivity index (χ3v) is 3.80. The van der Waals surface area contributed by atoms with Gasteiger partial charge in [0.25, 0.3) is 0 Å². The molecule has 0 unspecified atom stereocenters. The lowest BCUT2D eigenvalue weighted by Gasteiger charge is -2.25. The second kappa shape index (κ2) is 4.64. The molecule has 0 spiro atoms. The predicted octanol–water partition coefficient (Wildman–Crippen LogP) is 0.262. The lowest BCUT2D eigenvalue weighted by Crippen LogP contribution is -2.33. The van der Waals surface area contributed by atoms with Crippen molar-refractivity contribution in [2.75, 3.05) is 18.0 Å². The van der Waals surface area contributed by atoms with E-state index in [0.717, 1.165) is 12.8 Å². The molecule has 5 nitrogen and oxygen atoms in total. The Balaban J connectivity index is 2.42. The first-order valence-corrected chi connectivity index (χ1v) is 7.17. The molecule has 4 N–H and O–H groups in total. The molecule has 1 fully saturated rings. The number of nitrogens with zero attached hydrogens (tertiary/aromatic N) is 1. The van der Waals surface area contributed by atoms with E-state index in [9.17, 15) is 8.42 Å². The smallest absolute Gasteiger partial charge is 0.240 e. The van der Waals surface area contributed by atoms with Gasteiger partial charge in [0, 0.05) is 19.1 Å². The summed E-state index contributed by atoms with van der Waals surface area (Å²) in [4.78, 5) is 2.22. The number of hydrogen-bond acceptors (Lipinski definition) is 4. The highest BCUT2D eigenvalue weighted by atomic mass is 32.2. The van der Waals surface area contributed by atoms with Crippen LogP contribution in [-0.2, 0) is 10.0 Å². The molecule has 0 aliphatic heterocycles. The third-order valence-electron chi connectivity index (χ3n) is 2.84. The number of hydrogen-bond donors (Lipinski definition) is 2. The van der Waals surface area contributed by atoms with Crippen molar-refractivity contribution >= 4 is 15.7 Å². The van der Waals surface area contributed by atoms with Gasteiger partial charge in [-0.1, -0.05) is 12.1 Å². The first kappa shape index (κ1) is 12.3. The number of para-hydroxylation sites is 1. The molecule has 0 bridgehead atoms. The molecule has 1 aromatic carbocycles. The number of rotatable bonds is 5. The Kier molecular flexibility index (Phi) is 3.37. The fourth-order valence-electron chi connectivity index (χ4n) is 1.96. The van der Waals surface area contributed by atoms with Gasteiger partial charge in [-0.25, -0.2) is 13.6 Å². The number of sulfonamides is 1. The second-order valence-corrected chi connectivity index (χ2v) is 5.76. The van der Waals surface area contributed by atoms with Gasteiger partial charge in [-0.05, 0) is 25.0 Å². The Labute approximate surface area is 101 Å². The van der Waals surface area contributed by atoms with Gasteiger partial charge < -0.3 is 10.6 Å². The molecule has 0 radical (unpaired) electrons. The Hall–Kier alpha value is -1.11. The minimum Gasteiger partial charge on any atom is -0.366 e. The van der Waals surface area contributed by atoms with E-state index >= 15 is 0 Å². The van der Waals surface area contributed by atoms with E-state index < -0.39 is 10.0 Å². The average Bonchev–Trinajstić information content (AvgIpc) is 3.08. The number of anilines is 1. The first-order chi connectivity index (χ1) is 8.04. The van der Waals surface area contributed by atoms with Gasteiger partial charge in [0.15, 0.2) is 0 Å². The largest absolute Gasteiger partial charge is 0.366 e. The van der Waals surface area contributed by atoms with E-state index in [-0.39, 0.29) is 4.90 Å². The zero-order chi connectivity index (χ0) is 12.5. The molecule has 0 heterocycles. The van der Waals surface area contributed by atoms with E-state index in [2.05, 4.69) is 0 Å². The second-order valence-electron chi connectivity index (χ2n) is 4.23. The van der Waals surface area contributed by atoms with Gasteiger partial charge in [0.05, 0.1) is 5.69 Å². The zero-order valence-electron chi connectivity index (χ0n) is 9.54. The SMILES string of the molecule is NCCN(c1ccccc1S(N)(=O)=O)C1CC1. The Morgan fingerprint density at radius 3 is 2.47 bits per heavy atom. The van der Waals surface area contributed by atoms with Crippen LogP contribution in [0.3, 0.4) is 0 Å². The van der Waals surface area contributed by atoms with Gasteiger partial charge in [0.1, 0.15) is 4.90 Å². The molecule has 1 aliphatic carbocycles. The maximum atomic E-state index is 11.5. The van der Waals surface area contributed by atoms with Crippen LogP contribution in [0.15, 0.2) is 29.2 Å². The quantitative estimate of drug-likeness (QED) is 0.790. The number of primary sulfonamides is 1. The summed E-state index contributed by atoms with van der Waals surface area (Å²) in [5, 5.41) is 5.23. The van der Waals surface area contributed by atoms with Crippen molar-refractivity contribution in [2.24, 2.45) is 10.9 Å². The summed E-state index contributed by atoms with van der Waals surface area (Å²) < 4.78 is 23.1. The first-order valence-electron chi connectivity index (χ1n) is 5.62. The summed E-state index contributed by atoms with van der Waals surface area (Å²) in [7, 11) is -3.69. The molecule has 1 saturated carbocycles.